The molecular formula is C19H27ClN4O3. The summed E-state index contributed by atoms with van der Waals surface area (Å²) in [4.78, 5) is 39.0. The monoisotopic (exact) mass is 394 g/mol. The smallest absolute Gasteiger partial charge is 0.325 e. The zero-order chi connectivity index (χ0) is 19.1. The second-order valence-corrected chi connectivity index (χ2v) is 7.71. The molecule has 7 nitrogen and oxygen atoms in total. The first-order valence-electron chi connectivity index (χ1n) is 8.97. The number of imide groups is 1. The van der Waals surface area contributed by atoms with Gasteiger partial charge in [-0.25, -0.2) is 4.79 Å². The number of nitrogens with zero attached hydrogens (tertiary/aromatic N) is 1. The average molecular weight is 395 g/mol. The fourth-order valence-corrected chi connectivity index (χ4v) is 3.67. The van der Waals surface area contributed by atoms with Crippen LogP contribution in [0.4, 0.5) is 4.79 Å². The summed E-state index contributed by atoms with van der Waals surface area (Å²) >= 11 is 0. The van der Waals surface area contributed by atoms with Crippen LogP contribution in [0.25, 0.3) is 0 Å². The molecule has 8 heteroatoms. The second kappa shape index (κ2) is 7.48. The third-order valence-electron chi connectivity index (χ3n) is 5.85. The highest BCUT2D eigenvalue weighted by molar-refractivity contribution is 6.10. The van der Waals surface area contributed by atoms with Gasteiger partial charge in [0.1, 0.15) is 12.1 Å². The Hall–Kier alpha value is -2.12. The van der Waals surface area contributed by atoms with Crippen LogP contribution in [0.15, 0.2) is 24.3 Å². The van der Waals surface area contributed by atoms with E-state index in [0.717, 1.165) is 22.4 Å². The van der Waals surface area contributed by atoms with Gasteiger partial charge in [0.25, 0.3) is 5.91 Å². The Balaban J connectivity index is 0.00000261. The Morgan fingerprint density at radius 2 is 2.04 bits per heavy atom. The molecule has 2 atom stereocenters. The number of nitrogens with one attached hydrogen (secondary N) is 2. The van der Waals surface area contributed by atoms with Gasteiger partial charge in [0.15, 0.2) is 0 Å². The van der Waals surface area contributed by atoms with E-state index in [0.29, 0.717) is 6.42 Å². The van der Waals surface area contributed by atoms with Crippen LogP contribution in [0, 0.1) is 5.92 Å². The van der Waals surface area contributed by atoms with Crippen LogP contribution < -0.4 is 16.4 Å². The maximum atomic E-state index is 13.0. The van der Waals surface area contributed by atoms with Gasteiger partial charge in [0, 0.05) is 6.54 Å². The van der Waals surface area contributed by atoms with Crippen molar-refractivity contribution in [1.29, 1.82) is 0 Å². The number of amides is 4. The van der Waals surface area contributed by atoms with Crippen LogP contribution in [0.2, 0.25) is 0 Å². The summed E-state index contributed by atoms with van der Waals surface area (Å²) in [5.74, 6) is -0.632. The van der Waals surface area contributed by atoms with Crippen molar-refractivity contribution in [3.63, 3.8) is 0 Å². The van der Waals surface area contributed by atoms with Crippen LogP contribution in [0.5, 0.6) is 0 Å². The summed E-state index contributed by atoms with van der Waals surface area (Å²) in [7, 11) is 0. The van der Waals surface area contributed by atoms with Crippen molar-refractivity contribution < 1.29 is 14.4 Å². The van der Waals surface area contributed by atoms with E-state index in [2.05, 4.69) is 10.6 Å². The minimum Gasteiger partial charge on any atom is -0.348 e. The lowest BCUT2D eigenvalue weighted by molar-refractivity contribution is -0.135. The van der Waals surface area contributed by atoms with Crippen LogP contribution in [0.3, 0.4) is 0 Å². The van der Waals surface area contributed by atoms with Crippen molar-refractivity contribution >= 4 is 30.3 Å². The summed E-state index contributed by atoms with van der Waals surface area (Å²) in [6, 6.07) is 7.09. The molecule has 1 spiro atoms. The first kappa shape index (κ1) is 21.2. The largest absolute Gasteiger partial charge is 0.348 e. The first-order valence-corrected chi connectivity index (χ1v) is 8.97. The quantitative estimate of drug-likeness (QED) is 0.654. The Morgan fingerprint density at radius 1 is 1.37 bits per heavy atom. The number of halogens is 1. The fourth-order valence-electron chi connectivity index (χ4n) is 3.67. The highest BCUT2D eigenvalue weighted by Crippen LogP contribution is 2.41. The number of urea groups is 1. The van der Waals surface area contributed by atoms with Gasteiger partial charge in [-0.3, -0.25) is 14.5 Å². The number of hydrogen-bond donors (Lipinski definition) is 3. The number of carbonyl (C=O) groups is 3. The molecule has 0 bridgehead atoms. The van der Waals surface area contributed by atoms with Gasteiger partial charge >= 0.3 is 6.03 Å². The van der Waals surface area contributed by atoms with E-state index in [1.54, 1.807) is 0 Å². The summed E-state index contributed by atoms with van der Waals surface area (Å²) in [5, 5.41) is 5.69. The fraction of sp³-hybridized carbons (Fsp3) is 0.526. The zero-order valence-electron chi connectivity index (χ0n) is 15.9. The Bertz CT molecular complexity index is 769. The van der Waals surface area contributed by atoms with E-state index in [4.69, 9.17) is 5.73 Å². The van der Waals surface area contributed by atoms with E-state index in [-0.39, 0.29) is 37.3 Å². The molecule has 148 valence electrons. The summed E-state index contributed by atoms with van der Waals surface area (Å²) in [6.07, 6.45) is 1.24. The number of nitrogens with two attached hydrogens (primary N) is 1. The minimum atomic E-state index is -1.04. The van der Waals surface area contributed by atoms with Crippen LogP contribution in [0.1, 0.15) is 38.3 Å². The highest BCUT2D eigenvalue weighted by Gasteiger charge is 2.55. The van der Waals surface area contributed by atoms with Crippen LogP contribution in [-0.2, 0) is 21.5 Å². The second-order valence-electron chi connectivity index (χ2n) is 7.71. The molecule has 27 heavy (non-hydrogen) atoms. The number of benzene rings is 1. The lowest BCUT2D eigenvalue weighted by atomic mass is 9.88. The van der Waals surface area contributed by atoms with Crippen molar-refractivity contribution in [2.75, 3.05) is 13.1 Å². The van der Waals surface area contributed by atoms with Gasteiger partial charge in [0.2, 0.25) is 5.91 Å². The Labute approximate surface area is 165 Å². The van der Waals surface area contributed by atoms with Gasteiger partial charge in [-0.15, -0.1) is 12.4 Å². The normalized spacial score (nSPS) is 23.1. The summed E-state index contributed by atoms with van der Waals surface area (Å²) in [6.45, 7) is 5.75. The van der Waals surface area contributed by atoms with Gasteiger partial charge < -0.3 is 16.4 Å². The lowest BCUT2D eigenvalue weighted by Crippen LogP contribution is -2.57. The van der Waals surface area contributed by atoms with Crippen molar-refractivity contribution in [1.82, 2.24) is 15.5 Å². The van der Waals surface area contributed by atoms with E-state index in [1.165, 1.54) is 0 Å². The molecule has 0 aromatic heterocycles. The molecule has 1 aliphatic carbocycles. The zero-order valence-corrected chi connectivity index (χ0v) is 16.7. The standard InChI is InChI=1S/C19H26N4O3.ClH/c1-12(2)18(3,11-20)21-15(24)10-23-16(25)19(22-17(23)26)9-8-13-6-4-5-7-14(13)19;/h4-7,12H,8-11,20H2,1-3H3,(H,21,24)(H,22,26);1H. The molecule has 1 fully saturated rings. The van der Waals surface area contributed by atoms with Gasteiger partial charge in [-0.05, 0) is 36.8 Å². The van der Waals surface area contributed by atoms with Crippen molar-refractivity contribution in [3.8, 4) is 0 Å². The van der Waals surface area contributed by atoms with Gasteiger partial charge in [0.05, 0.1) is 5.54 Å². The molecular weight excluding hydrogens is 368 g/mol. The van der Waals surface area contributed by atoms with Crippen LogP contribution >= 0.6 is 12.4 Å². The van der Waals surface area contributed by atoms with Gasteiger partial charge in [-0.2, -0.15) is 0 Å². The molecule has 2 aliphatic rings. The molecule has 1 aromatic rings. The third-order valence-corrected chi connectivity index (χ3v) is 5.85. The Morgan fingerprint density at radius 3 is 2.67 bits per heavy atom. The summed E-state index contributed by atoms with van der Waals surface area (Å²) < 4.78 is 0. The molecule has 4 amide bonds. The molecule has 2 unspecified atom stereocenters. The molecule has 1 aromatic carbocycles. The molecule has 1 saturated heterocycles. The predicted octanol–water partition coefficient (Wildman–Crippen LogP) is 1.29. The topological polar surface area (TPSA) is 105 Å². The molecule has 3 rings (SSSR count). The predicted molar refractivity (Wildman–Crippen MR) is 104 cm³/mol. The van der Waals surface area contributed by atoms with Gasteiger partial charge in [-0.1, -0.05) is 38.1 Å². The number of aryl methyl sites for hydroxylation is 1. The van der Waals surface area contributed by atoms with E-state index >= 15 is 0 Å². The maximum Gasteiger partial charge on any atom is 0.325 e. The van der Waals surface area contributed by atoms with Crippen molar-refractivity contribution in [2.24, 2.45) is 11.7 Å². The first-order chi connectivity index (χ1) is 12.2. The van der Waals surface area contributed by atoms with Crippen molar-refractivity contribution in [3.05, 3.63) is 35.4 Å². The Kier molecular flexibility index (Phi) is 5.87. The summed E-state index contributed by atoms with van der Waals surface area (Å²) in [5.41, 5.74) is 6.05. The molecule has 1 aliphatic heterocycles. The molecule has 0 saturated carbocycles. The molecule has 0 radical (unpaired) electrons. The molecule has 4 N–H and O–H groups in total. The van der Waals surface area contributed by atoms with E-state index in [9.17, 15) is 14.4 Å². The van der Waals surface area contributed by atoms with E-state index in [1.807, 2.05) is 45.0 Å². The SMILES string of the molecule is CC(C)C(C)(CN)NC(=O)CN1C(=O)NC2(CCc3ccccc32)C1=O.Cl. The van der Waals surface area contributed by atoms with Crippen LogP contribution in [-0.4, -0.2) is 41.4 Å². The molecule has 1 heterocycles. The lowest BCUT2D eigenvalue weighted by Gasteiger charge is -2.34. The van der Waals surface area contributed by atoms with Crippen molar-refractivity contribution in [2.45, 2.75) is 44.7 Å². The highest BCUT2D eigenvalue weighted by atomic mass is 35.5. The number of rotatable bonds is 5. The number of carbonyl (C=O) groups excluding carboxylic acids is 3. The minimum absolute atomic E-state index is 0. The average Bonchev–Trinajstić information content (AvgIpc) is 3.08. The third kappa shape index (κ3) is 3.41. The van der Waals surface area contributed by atoms with E-state index < -0.39 is 23.0 Å². The number of fused-ring (bicyclic) bond motifs is 2. The maximum absolute atomic E-state index is 13.0. The number of hydrogen-bond acceptors (Lipinski definition) is 4.